The molecule has 1 N–H and O–H groups in total. The monoisotopic (exact) mass is 368 g/mol. The third kappa shape index (κ3) is 2.50. The lowest BCUT2D eigenvalue weighted by atomic mass is 9.90. The van der Waals surface area contributed by atoms with Gasteiger partial charge in [0.25, 0.3) is 0 Å². The normalized spacial score (nSPS) is 14.4. The molecule has 5 heteroatoms. The number of ether oxygens (including phenoxy) is 1. The second-order valence-electron chi connectivity index (χ2n) is 6.87. The number of para-hydroxylation sites is 1. The van der Waals surface area contributed by atoms with E-state index < -0.39 is 0 Å². The van der Waals surface area contributed by atoms with Gasteiger partial charge in [0.2, 0.25) is 0 Å². The fourth-order valence-corrected chi connectivity index (χ4v) is 5.02. The summed E-state index contributed by atoms with van der Waals surface area (Å²) in [5.41, 5.74) is 5.46. The van der Waals surface area contributed by atoms with Gasteiger partial charge in [0.15, 0.2) is 0 Å². The molecule has 0 bridgehead atoms. The number of aromatic nitrogens is 1. The molecule has 0 radical (unpaired) electrons. The van der Waals surface area contributed by atoms with E-state index in [1.807, 2.05) is 6.07 Å². The van der Waals surface area contributed by atoms with Crippen LogP contribution in [0.1, 0.15) is 24.3 Å². The second-order valence-corrected chi connectivity index (χ2v) is 8.21. The van der Waals surface area contributed by atoms with Crippen LogP contribution in [0.15, 0.2) is 42.5 Å². The molecule has 0 saturated carbocycles. The lowest BCUT2D eigenvalue weighted by Gasteiger charge is -2.33. The molecule has 0 spiro atoms. The number of fused-ring (bicyclic) bond motifs is 3. The largest absolute Gasteiger partial charge is 0.495 e. The fraction of sp³-hybridized carbons (Fsp3) is 0.250. The van der Waals surface area contributed by atoms with Crippen molar-refractivity contribution in [2.24, 2.45) is 0 Å². The first-order valence-corrected chi connectivity index (χ1v) is 9.40. The third-order valence-corrected chi connectivity index (χ3v) is 6.53. The predicted octanol–water partition coefficient (Wildman–Crippen LogP) is 5.91. The Morgan fingerprint density at radius 3 is 2.68 bits per heavy atom. The van der Waals surface area contributed by atoms with Gasteiger partial charge in [-0.25, -0.2) is 0 Å². The number of nitrogens with zero attached hydrogens (tertiary/aromatic N) is 1. The summed E-state index contributed by atoms with van der Waals surface area (Å²) in [6, 6.07) is 14.6. The molecular formula is C20H20N2OS2. The highest BCUT2D eigenvalue weighted by molar-refractivity contribution is 7.71. The van der Waals surface area contributed by atoms with E-state index in [0.717, 1.165) is 27.3 Å². The average Bonchev–Trinajstić information content (AvgIpc) is 2.93. The number of nitrogens with one attached hydrogen (secondary N) is 1. The maximum atomic E-state index is 5.91. The van der Waals surface area contributed by atoms with Gasteiger partial charge in [-0.15, -0.1) is 0 Å². The van der Waals surface area contributed by atoms with Gasteiger partial charge in [-0.05, 0) is 44.5 Å². The number of hydrogen-bond acceptors (Lipinski definition) is 4. The number of aryl methyl sites for hydroxylation is 1. The van der Waals surface area contributed by atoms with Gasteiger partial charge < -0.3 is 10.1 Å². The number of methoxy groups -OCH3 is 1. The number of hydrogen-bond donors (Lipinski definition) is 1. The lowest BCUT2D eigenvalue weighted by Crippen LogP contribution is -2.30. The van der Waals surface area contributed by atoms with Crippen molar-refractivity contribution in [2.45, 2.75) is 26.3 Å². The summed E-state index contributed by atoms with van der Waals surface area (Å²) in [7, 11) is 1.70. The van der Waals surface area contributed by atoms with Crippen LogP contribution in [0.5, 0.6) is 5.75 Å². The molecule has 1 aliphatic rings. The van der Waals surface area contributed by atoms with Crippen LogP contribution in [0.25, 0.3) is 16.8 Å². The van der Waals surface area contributed by atoms with Gasteiger partial charge >= 0.3 is 0 Å². The standard InChI is InChI=1S/C20H20N2OS2/c1-12-9-10-16(23-4)15(11-12)22-19(24)17-13-7-5-6-8-14(13)21-20(2,3)18(17)25-22/h5-11,21H,1-4H3. The van der Waals surface area contributed by atoms with E-state index in [1.165, 1.54) is 16.0 Å². The van der Waals surface area contributed by atoms with Crippen LogP contribution < -0.4 is 10.1 Å². The zero-order chi connectivity index (χ0) is 17.8. The van der Waals surface area contributed by atoms with Gasteiger partial charge in [-0.1, -0.05) is 48.0 Å². The second kappa shape index (κ2) is 5.71. The first-order valence-electron chi connectivity index (χ1n) is 8.22. The van der Waals surface area contributed by atoms with Crippen LogP contribution in [-0.2, 0) is 5.54 Å². The molecule has 0 fully saturated rings. The highest BCUT2D eigenvalue weighted by atomic mass is 32.1. The topological polar surface area (TPSA) is 26.2 Å². The highest BCUT2D eigenvalue weighted by Crippen LogP contribution is 2.47. The van der Waals surface area contributed by atoms with Gasteiger partial charge in [-0.2, -0.15) is 0 Å². The van der Waals surface area contributed by atoms with Gasteiger partial charge in [0.05, 0.1) is 23.2 Å². The maximum absolute atomic E-state index is 5.91. The van der Waals surface area contributed by atoms with Crippen LogP contribution >= 0.6 is 23.8 Å². The van der Waals surface area contributed by atoms with E-state index in [-0.39, 0.29) is 5.54 Å². The molecule has 128 valence electrons. The Balaban J connectivity index is 2.04. The predicted molar refractivity (Wildman–Crippen MR) is 108 cm³/mol. The minimum absolute atomic E-state index is 0.176. The molecular weight excluding hydrogens is 348 g/mol. The van der Waals surface area contributed by atoms with Crippen LogP contribution in [-0.4, -0.2) is 11.1 Å². The first-order chi connectivity index (χ1) is 11.9. The zero-order valence-electron chi connectivity index (χ0n) is 14.7. The quantitative estimate of drug-likeness (QED) is 0.569. The Bertz CT molecular complexity index is 1030. The van der Waals surface area contributed by atoms with Crippen molar-refractivity contribution in [3.8, 4) is 22.6 Å². The molecule has 0 unspecified atom stereocenters. The van der Waals surface area contributed by atoms with Crippen LogP contribution in [0.3, 0.4) is 0 Å². The highest BCUT2D eigenvalue weighted by Gasteiger charge is 2.34. The van der Waals surface area contributed by atoms with Crippen LogP contribution in [0.2, 0.25) is 0 Å². The molecule has 0 atom stereocenters. The summed E-state index contributed by atoms with van der Waals surface area (Å²) in [6.45, 7) is 6.48. The molecule has 0 amide bonds. The lowest BCUT2D eigenvalue weighted by molar-refractivity contribution is 0.413. The molecule has 1 aromatic heterocycles. The van der Waals surface area contributed by atoms with E-state index in [9.17, 15) is 0 Å². The molecule has 0 saturated heterocycles. The number of benzene rings is 2. The first kappa shape index (κ1) is 16.4. The van der Waals surface area contributed by atoms with Crippen LogP contribution in [0.4, 0.5) is 5.69 Å². The number of anilines is 1. The molecule has 3 aromatic rings. The van der Waals surface area contributed by atoms with Gasteiger partial charge in [0, 0.05) is 16.8 Å². The van der Waals surface area contributed by atoms with E-state index in [0.29, 0.717) is 0 Å². The van der Waals surface area contributed by atoms with E-state index in [4.69, 9.17) is 17.0 Å². The van der Waals surface area contributed by atoms with E-state index in [1.54, 1.807) is 18.6 Å². The van der Waals surface area contributed by atoms with Crippen molar-refractivity contribution >= 4 is 29.4 Å². The zero-order valence-corrected chi connectivity index (χ0v) is 16.3. The van der Waals surface area contributed by atoms with Crippen molar-refractivity contribution in [3.63, 3.8) is 0 Å². The molecule has 4 rings (SSSR count). The minimum atomic E-state index is -0.176. The van der Waals surface area contributed by atoms with Crippen molar-refractivity contribution in [1.82, 2.24) is 3.96 Å². The summed E-state index contributed by atoms with van der Waals surface area (Å²) in [4.78, 5) is 1.25. The van der Waals surface area contributed by atoms with E-state index >= 15 is 0 Å². The average molecular weight is 369 g/mol. The summed E-state index contributed by atoms with van der Waals surface area (Å²) in [6.07, 6.45) is 0. The maximum Gasteiger partial charge on any atom is 0.143 e. The molecule has 2 heterocycles. The smallest absolute Gasteiger partial charge is 0.143 e. The summed E-state index contributed by atoms with van der Waals surface area (Å²) in [5.74, 6) is 0.833. The molecule has 25 heavy (non-hydrogen) atoms. The summed E-state index contributed by atoms with van der Waals surface area (Å²) in [5, 5.41) is 3.64. The van der Waals surface area contributed by atoms with Crippen molar-refractivity contribution in [2.75, 3.05) is 12.4 Å². The Morgan fingerprint density at radius 1 is 1.16 bits per heavy atom. The Labute approximate surface area is 157 Å². The Hall–Kier alpha value is -2.11. The van der Waals surface area contributed by atoms with Gasteiger partial charge in [0.1, 0.15) is 10.4 Å². The van der Waals surface area contributed by atoms with Crippen molar-refractivity contribution < 1.29 is 4.74 Å². The van der Waals surface area contributed by atoms with Crippen LogP contribution in [0, 0.1) is 11.6 Å². The SMILES string of the molecule is COc1ccc(C)cc1-n1sc2c(c1=S)-c1ccccc1NC2(C)C. The molecule has 1 aliphatic heterocycles. The molecule has 2 aromatic carbocycles. The third-order valence-electron chi connectivity index (χ3n) is 4.57. The Morgan fingerprint density at radius 2 is 1.92 bits per heavy atom. The molecule has 0 aliphatic carbocycles. The number of rotatable bonds is 2. The van der Waals surface area contributed by atoms with Crippen molar-refractivity contribution in [1.29, 1.82) is 0 Å². The molecule has 3 nitrogen and oxygen atoms in total. The fourth-order valence-electron chi connectivity index (χ4n) is 3.36. The van der Waals surface area contributed by atoms with Crippen molar-refractivity contribution in [3.05, 3.63) is 57.5 Å². The Kier molecular flexibility index (Phi) is 3.74. The summed E-state index contributed by atoms with van der Waals surface area (Å²) < 4.78 is 8.55. The van der Waals surface area contributed by atoms with Gasteiger partial charge in [-0.3, -0.25) is 3.96 Å². The van der Waals surface area contributed by atoms with E-state index in [2.05, 4.69) is 66.4 Å². The summed E-state index contributed by atoms with van der Waals surface area (Å²) >= 11 is 7.61. The minimum Gasteiger partial charge on any atom is -0.495 e.